The number of hydrogen-bond acceptors (Lipinski definition) is 3. The molecule has 0 saturated heterocycles. The van der Waals surface area contributed by atoms with E-state index in [1.165, 1.54) is 43.1 Å². The molecule has 0 saturated carbocycles. The fraction of sp³-hybridized carbons (Fsp3) is 0. The summed E-state index contributed by atoms with van der Waals surface area (Å²) in [6.45, 7) is 0. The molecule has 0 N–H and O–H groups in total. The van der Waals surface area contributed by atoms with Gasteiger partial charge in [0.15, 0.2) is 11.6 Å². The van der Waals surface area contributed by atoms with Gasteiger partial charge in [-0.1, -0.05) is 164 Å². The zero-order valence-electron chi connectivity index (χ0n) is 30.1. The molecule has 3 heterocycles. The summed E-state index contributed by atoms with van der Waals surface area (Å²) in [6, 6.07) is 66.7. The van der Waals surface area contributed by atoms with Crippen LogP contribution in [0, 0.1) is 0 Å². The largest absolute Gasteiger partial charge is 0.308 e. The molecule has 0 aliphatic carbocycles. The van der Waals surface area contributed by atoms with Crippen LogP contribution in [0.5, 0.6) is 0 Å². The average Bonchev–Trinajstić information content (AvgIpc) is 3.80. The van der Waals surface area contributed by atoms with Crippen molar-refractivity contribution in [3.8, 4) is 34.4 Å². The predicted molar refractivity (Wildman–Crippen MR) is 232 cm³/mol. The van der Waals surface area contributed by atoms with Crippen LogP contribution in [-0.4, -0.2) is 24.1 Å². The van der Waals surface area contributed by atoms with Gasteiger partial charge in [-0.2, -0.15) is 9.97 Å². The molecule has 0 amide bonds. The maximum atomic E-state index is 5.21. The minimum atomic E-state index is 0.577. The smallest absolute Gasteiger partial charge is 0.238 e. The van der Waals surface area contributed by atoms with Crippen LogP contribution in [0.4, 0.5) is 0 Å². The molecule has 0 spiro atoms. The van der Waals surface area contributed by atoms with Crippen LogP contribution >= 0.6 is 0 Å². The summed E-state index contributed by atoms with van der Waals surface area (Å²) in [5.74, 6) is 1.84. The van der Waals surface area contributed by atoms with Gasteiger partial charge >= 0.3 is 0 Å². The highest BCUT2D eigenvalue weighted by molar-refractivity contribution is 6.30. The summed E-state index contributed by atoms with van der Waals surface area (Å²) < 4.78 is 4.73. The summed E-state index contributed by atoms with van der Waals surface area (Å²) in [6.07, 6.45) is 0. The first-order valence-corrected chi connectivity index (χ1v) is 19.0. The second-order valence-electron chi connectivity index (χ2n) is 14.4. The van der Waals surface area contributed by atoms with E-state index < -0.39 is 0 Å². The molecule has 9 aromatic carbocycles. The van der Waals surface area contributed by atoms with Crippen molar-refractivity contribution in [1.82, 2.24) is 24.1 Å². The third-order valence-corrected chi connectivity index (χ3v) is 11.3. The SMILES string of the molecule is c1ccc(-c2nc(-c3ccccc3)nc(-n3c4ccccc4c4c3ccc3c5ccccc5n(-c5cccc6c7ccccc7c7ccccc7c56)c34)n2)cc1. The van der Waals surface area contributed by atoms with Gasteiger partial charge in [0, 0.05) is 38.1 Å². The van der Waals surface area contributed by atoms with E-state index in [9.17, 15) is 0 Å². The third-order valence-electron chi connectivity index (χ3n) is 11.3. The number of aromatic nitrogens is 5. The summed E-state index contributed by atoms with van der Waals surface area (Å²) >= 11 is 0. The Morgan fingerprint density at radius 2 is 0.768 bits per heavy atom. The van der Waals surface area contributed by atoms with Crippen molar-refractivity contribution in [3.63, 3.8) is 0 Å². The standard InChI is InChI=1S/C51H31N5/c1-3-16-32(17-4-1)49-52-50(33-18-5-2-6-19-33)54-51(53-49)56-43-28-14-12-25-41(43)47-45(56)31-30-40-37-23-11-13-27-42(37)55(48(40)47)44-29-15-26-39-36-21-8-7-20-34(36)35-22-9-10-24-38(35)46(39)44/h1-31H. The Labute approximate surface area is 321 Å². The monoisotopic (exact) mass is 713 g/mol. The Hall–Kier alpha value is -7.63. The molecule has 12 rings (SSSR count). The normalized spacial score (nSPS) is 11.9. The fourth-order valence-corrected chi connectivity index (χ4v) is 8.99. The van der Waals surface area contributed by atoms with Crippen molar-refractivity contribution < 1.29 is 0 Å². The van der Waals surface area contributed by atoms with Crippen molar-refractivity contribution in [2.24, 2.45) is 0 Å². The van der Waals surface area contributed by atoms with Crippen molar-refractivity contribution >= 4 is 75.9 Å². The lowest BCUT2D eigenvalue weighted by molar-refractivity contribution is 0.953. The first-order valence-electron chi connectivity index (χ1n) is 19.0. The molecule has 0 bridgehead atoms. The molecule has 0 fully saturated rings. The van der Waals surface area contributed by atoms with Crippen molar-refractivity contribution in [1.29, 1.82) is 0 Å². The lowest BCUT2D eigenvalue weighted by Crippen LogP contribution is -2.06. The molecule has 0 radical (unpaired) electrons. The number of nitrogens with zero attached hydrogens (tertiary/aromatic N) is 5. The van der Waals surface area contributed by atoms with Gasteiger partial charge in [0.1, 0.15) is 0 Å². The topological polar surface area (TPSA) is 48.5 Å². The highest BCUT2D eigenvalue weighted by atomic mass is 15.2. The summed E-state index contributed by atoms with van der Waals surface area (Å²) in [5.41, 5.74) is 7.41. The van der Waals surface area contributed by atoms with E-state index in [1.54, 1.807) is 0 Å². The zero-order chi connectivity index (χ0) is 36.7. The quantitative estimate of drug-likeness (QED) is 0.171. The number of hydrogen-bond donors (Lipinski definition) is 0. The van der Waals surface area contributed by atoms with Gasteiger partial charge in [-0.05, 0) is 51.2 Å². The summed E-state index contributed by atoms with van der Waals surface area (Å²) in [4.78, 5) is 15.4. The molecule has 0 unspecified atom stereocenters. The zero-order valence-corrected chi connectivity index (χ0v) is 30.1. The van der Waals surface area contributed by atoms with E-state index in [4.69, 9.17) is 15.0 Å². The molecule has 5 heteroatoms. The highest BCUT2D eigenvalue weighted by Gasteiger charge is 2.24. The summed E-state index contributed by atoms with van der Waals surface area (Å²) in [5, 5.41) is 12.2. The average molecular weight is 714 g/mol. The predicted octanol–water partition coefficient (Wildman–Crippen LogP) is 12.9. The molecule has 12 aromatic rings. The van der Waals surface area contributed by atoms with E-state index >= 15 is 0 Å². The van der Waals surface area contributed by atoms with E-state index in [2.05, 4.69) is 161 Å². The third kappa shape index (κ3) is 4.39. The molecule has 3 aromatic heterocycles. The van der Waals surface area contributed by atoms with Crippen LogP contribution in [0.1, 0.15) is 0 Å². The van der Waals surface area contributed by atoms with E-state index in [-0.39, 0.29) is 0 Å². The minimum absolute atomic E-state index is 0.577. The Kier molecular flexibility index (Phi) is 6.56. The van der Waals surface area contributed by atoms with Crippen LogP contribution in [0.3, 0.4) is 0 Å². The maximum Gasteiger partial charge on any atom is 0.238 e. The van der Waals surface area contributed by atoms with Gasteiger partial charge < -0.3 is 4.57 Å². The molecular weight excluding hydrogens is 683 g/mol. The van der Waals surface area contributed by atoms with E-state index in [0.29, 0.717) is 17.6 Å². The van der Waals surface area contributed by atoms with Crippen LogP contribution in [0.15, 0.2) is 188 Å². The Morgan fingerprint density at radius 3 is 1.39 bits per heavy atom. The van der Waals surface area contributed by atoms with Crippen LogP contribution in [0.2, 0.25) is 0 Å². The molecule has 5 nitrogen and oxygen atoms in total. The second-order valence-corrected chi connectivity index (χ2v) is 14.4. The maximum absolute atomic E-state index is 5.21. The minimum Gasteiger partial charge on any atom is -0.308 e. The van der Waals surface area contributed by atoms with Gasteiger partial charge in [-0.3, -0.25) is 4.57 Å². The number of rotatable bonds is 4. The van der Waals surface area contributed by atoms with E-state index in [1.807, 2.05) is 36.4 Å². The van der Waals surface area contributed by atoms with Gasteiger partial charge in [0.05, 0.1) is 27.8 Å². The van der Waals surface area contributed by atoms with Gasteiger partial charge in [-0.15, -0.1) is 0 Å². The Morgan fingerprint density at radius 1 is 0.286 bits per heavy atom. The molecule has 260 valence electrons. The lowest BCUT2D eigenvalue weighted by atomic mass is 9.93. The fourth-order valence-electron chi connectivity index (χ4n) is 8.99. The summed E-state index contributed by atoms with van der Waals surface area (Å²) in [7, 11) is 0. The van der Waals surface area contributed by atoms with Crippen LogP contribution < -0.4 is 0 Å². The molecule has 0 aliphatic rings. The van der Waals surface area contributed by atoms with E-state index in [0.717, 1.165) is 49.7 Å². The Bertz CT molecular complexity index is 3420. The number of para-hydroxylation sites is 2. The van der Waals surface area contributed by atoms with Crippen LogP contribution in [0.25, 0.3) is 110 Å². The van der Waals surface area contributed by atoms with Gasteiger partial charge in [0.2, 0.25) is 5.95 Å². The Balaban J connectivity index is 1.24. The van der Waals surface area contributed by atoms with Gasteiger partial charge in [-0.25, -0.2) is 4.98 Å². The second kappa shape index (κ2) is 11.9. The highest BCUT2D eigenvalue weighted by Crippen LogP contribution is 2.45. The molecule has 0 atom stereocenters. The first-order chi connectivity index (χ1) is 27.8. The van der Waals surface area contributed by atoms with Crippen molar-refractivity contribution in [3.05, 3.63) is 188 Å². The van der Waals surface area contributed by atoms with Gasteiger partial charge in [0.25, 0.3) is 0 Å². The van der Waals surface area contributed by atoms with Crippen molar-refractivity contribution in [2.75, 3.05) is 0 Å². The van der Waals surface area contributed by atoms with Crippen LogP contribution in [-0.2, 0) is 0 Å². The molecule has 56 heavy (non-hydrogen) atoms. The number of fused-ring (bicyclic) bond motifs is 13. The molecule has 0 aliphatic heterocycles. The molecular formula is C51H31N5. The van der Waals surface area contributed by atoms with Crippen molar-refractivity contribution in [2.45, 2.75) is 0 Å². The number of benzene rings is 9. The first kappa shape index (κ1) is 30.8. The lowest BCUT2D eigenvalue weighted by Gasteiger charge is -2.17.